The Morgan fingerprint density at radius 1 is 1.45 bits per heavy atom. The van der Waals surface area contributed by atoms with E-state index < -0.39 is 0 Å². The van der Waals surface area contributed by atoms with Crippen molar-refractivity contribution in [3.63, 3.8) is 0 Å². The highest BCUT2D eigenvalue weighted by molar-refractivity contribution is 7.99. The van der Waals surface area contributed by atoms with E-state index >= 15 is 0 Å². The van der Waals surface area contributed by atoms with Gasteiger partial charge in [-0.15, -0.1) is 0 Å². The van der Waals surface area contributed by atoms with Crippen LogP contribution in [0, 0.1) is 0 Å². The summed E-state index contributed by atoms with van der Waals surface area (Å²) in [4.78, 5) is 25.6. The molecule has 0 saturated carbocycles. The highest BCUT2D eigenvalue weighted by Crippen LogP contribution is 2.22. The first-order valence-corrected chi connectivity index (χ1v) is 8.02. The first-order valence-electron chi connectivity index (χ1n) is 6.86. The standard InChI is InChI=1S/C15H20N2O2S/c1-3-14(18)11-5-4-6-12(9-11)16-15(19)17(2)13-7-8-20-10-13/h4-6,9,13H,3,7-8,10H2,1-2H3,(H,16,19)/t13-/m0/s1. The predicted molar refractivity (Wildman–Crippen MR) is 83.6 cm³/mol. The Labute approximate surface area is 123 Å². The quantitative estimate of drug-likeness (QED) is 0.867. The normalized spacial score (nSPS) is 17.8. The second kappa shape index (κ2) is 6.79. The zero-order chi connectivity index (χ0) is 14.5. The first-order chi connectivity index (χ1) is 9.61. The van der Waals surface area contributed by atoms with Crippen LogP contribution >= 0.6 is 11.8 Å². The monoisotopic (exact) mass is 292 g/mol. The molecule has 4 nitrogen and oxygen atoms in total. The number of carbonyl (C=O) groups excluding carboxylic acids is 2. The van der Waals surface area contributed by atoms with Crippen molar-refractivity contribution in [2.24, 2.45) is 0 Å². The van der Waals surface area contributed by atoms with E-state index in [1.165, 1.54) is 0 Å². The van der Waals surface area contributed by atoms with Gasteiger partial charge in [-0.2, -0.15) is 11.8 Å². The van der Waals surface area contributed by atoms with Crippen LogP contribution in [-0.2, 0) is 0 Å². The van der Waals surface area contributed by atoms with Gasteiger partial charge in [-0.1, -0.05) is 19.1 Å². The van der Waals surface area contributed by atoms with E-state index in [1.807, 2.05) is 31.8 Å². The lowest BCUT2D eigenvalue weighted by atomic mass is 10.1. The van der Waals surface area contributed by atoms with Gasteiger partial charge in [-0.25, -0.2) is 4.79 Å². The van der Waals surface area contributed by atoms with Crippen LogP contribution in [0.15, 0.2) is 24.3 Å². The van der Waals surface area contributed by atoms with Crippen LogP contribution < -0.4 is 5.32 Å². The van der Waals surface area contributed by atoms with E-state index in [0.717, 1.165) is 17.9 Å². The summed E-state index contributed by atoms with van der Waals surface area (Å²) in [6, 6.07) is 7.31. The number of nitrogens with zero attached hydrogens (tertiary/aromatic N) is 1. The SMILES string of the molecule is CCC(=O)c1cccc(NC(=O)N(C)[C@H]2CCSC2)c1. The fraction of sp³-hybridized carbons (Fsp3) is 0.467. The minimum absolute atomic E-state index is 0.0849. The number of hydrogen-bond acceptors (Lipinski definition) is 3. The van der Waals surface area contributed by atoms with Gasteiger partial charge in [0, 0.05) is 36.5 Å². The van der Waals surface area contributed by atoms with E-state index in [-0.39, 0.29) is 11.8 Å². The van der Waals surface area contributed by atoms with E-state index in [9.17, 15) is 9.59 Å². The summed E-state index contributed by atoms with van der Waals surface area (Å²) in [5.74, 6) is 2.20. The number of anilines is 1. The topological polar surface area (TPSA) is 49.4 Å². The number of urea groups is 1. The number of carbonyl (C=O) groups is 2. The summed E-state index contributed by atoms with van der Waals surface area (Å²) in [6.07, 6.45) is 1.51. The molecule has 1 fully saturated rings. The molecule has 1 aliphatic rings. The molecule has 108 valence electrons. The lowest BCUT2D eigenvalue weighted by Gasteiger charge is -2.24. The lowest BCUT2D eigenvalue weighted by Crippen LogP contribution is -2.39. The molecule has 1 atom stereocenters. The summed E-state index contributed by atoms with van der Waals surface area (Å²) in [5, 5.41) is 2.86. The summed E-state index contributed by atoms with van der Waals surface area (Å²) < 4.78 is 0. The molecule has 2 rings (SSSR count). The minimum atomic E-state index is -0.112. The van der Waals surface area contributed by atoms with Crippen LogP contribution in [0.1, 0.15) is 30.1 Å². The number of benzene rings is 1. The van der Waals surface area contributed by atoms with Crippen LogP contribution in [0.25, 0.3) is 0 Å². The smallest absolute Gasteiger partial charge is 0.321 e. The van der Waals surface area contributed by atoms with Crippen molar-refractivity contribution in [3.05, 3.63) is 29.8 Å². The fourth-order valence-corrected chi connectivity index (χ4v) is 3.45. The third-order valence-electron chi connectivity index (χ3n) is 3.53. The molecule has 0 unspecified atom stereocenters. The van der Waals surface area contributed by atoms with Crippen LogP contribution in [0.5, 0.6) is 0 Å². The Kier molecular flexibility index (Phi) is 5.06. The van der Waals surface area contributed by atoms with Crippen molar-refractivity contribution in [1.82, 2.24) is 4.90 Å². The summed E-state index contributed by atoms with van der Waals surface area (Å²) in [6.45, 7) is 1.83. The average Bonchev–Trinajstić information content (AvgIpc) is 3.00. The van der Waals surface area contributed by atoms with Gasteiger partial charge in [0.15, 0.2) is 5.78 Å². The van der Waals surface area contributed by atoms with Gasteiger partial charge in [0.25, 0.3) is 0 Å². The summed E-state index contributed by atoms with van der Waals surface area (Å²) in [7, 11) is 1.83. The molecule has 1 aromatic rings. The second-order valence-electron chi connectivity index (χ2n) is 4.92. The molecular formula is C15H20N2O2S. The van der Waals surface area contributed by atoms with Crippen LogP contribution in [-0.4, -0.2) is 41.3 Å². The van der Waals surface area contributed by atoms with Crippen molar-refractivity contribution in [3.8, 4) is 0 Å². The summed E-state index contributed by atoms with van der Waals surface area (Å²) >= 11 is 1.88. The number of ketones is 1. The van der Waals surface area contributed by atoms with E-state index in [2.05, 4.69) is 5.32 Å². The van der Waals surface area contributed by atoms with Crippen molar-refractivity contribution in [2.45, 2.75) is 25.8 Å². The average molecular weight is 292 g/mol. The Morgan fingerprint density at radius 2 is 2.25 bits per heavy atom. The third-order valence-corrected chi connectivity index (χ3v) is 4.68. The summed E-state index contributed by atoms with van der Waals surface area (Å²) in [5.41, 5.74) is 1.32. The Hall–Kier alpha value is -1.49. The zero-order valence-corrected chi connectivity index (χ0v) is 12.7. The Bertz CT molecular complexity index is 498. The maximum Gasteiger partial charge on any atom is 0.321 e. The molecule has 0 aromatic heterocycles. The van der Waals surface area contributed by atoms with Gasteiger partial charge in [-0.3, -0.25) is 4.79 Å². The molecule has 20 heavy (non-hydrogen) atoms. The third kappa shape index (κ3) is 3.54. The highest BCUT2D eigenvalue weighted by atomic mass is 32.2. The largest absolute Gasteiger partial charge is 0.324 e. The zero-order valence-electron chi connectivity index (χ0n) is 11.9. The van der Waals surface area contributed by atoms with Crippen molar-refractivity contribution < 1.29 is 9.59 Å². The van der Waals surface area contributed by atoms with Crippen LogP contribution in [0.3, 0.4) is 0 Å². The van der Waals surface area contributed by atoms with Gasteiger partial charge < -0.3 is 10.2 Å². The molecule has 1 saturated heterocycles. The van der Waals surface area contributed by atoms with Crippen molar-refractivity contribution in [2.75, 3.05) is 23.9 Å². The molecule has 0 spiro atoms. The Balaban J connectivity index is 2.01. The number of Topliss-reactive ketones (excluding diaryl/α,β-unsaturated/α-hetero) is 1. The molecule has 1 N–H and O–H groups in total. The predicted octanol–water partition coefficient (Wildman–Crippen LogP) is 3.25. The maximum absolute atomic E-state index is 12.2. The number of hydrogen-bond donors (Lipinski definition) is 1. The van der Waals surface area contributed by atoms with Gasteiger partial charge >= 0.3 is 6.03 Å². The van der Waals surface area contributed by atoms with E-state index in [4.69, 9.17) is 0 Å². The molecule has 1 heterocycles. The van der Waals surface area contributed by atoms with Gasteiger partial charge in [0.2, 0.25) is 0 Å². The number of amides is 2. The fourth-order valence-electron chi connectivity index (χ4n) is 2.18. The minimum Gasteiger partial charge on any atom is -0.324 e. The van der Waals surface area contributed by atoms with Crippen molar-refractivity contribution in [1.29, 1.82) is 0 Å². The molecule has 5 heteroatoms. The number of nitrogens with one attached hydrogen (secondary N) is 1. The maximum atomic E-state index is 12.2. The van der Waals surface area contributed by atoms with Crippen LogP contribution in [0.2, 0.25) is 0 Å². The molecule has 0 aliphatic carbocycles. The van der Waals surface area contributed by atoms with Gasteiger partial charge in [0.05, 0.1) is 0 Å². The van der Waals surface area contributed by atoms with E-state index in [1.54, 1.807) is 23.1 Å². The second-order valence-corrected chi connectivity index (χ2v) is 6.07. The molecule has 2 amide bonds. The molecule has 0 radical (unpaired) electrons. The van der Waals surface area contributed by atoms with Gasteiger partial charge in [-0.05, 0) is 24.3 Å². The molecule has 1 aromatic carbocycles. The number of rotatable bonds is 4. The molecular weight excluding hydrogens is 272 g/mol. The van der Waals surface area contributed by atoms with Gasteiger partial charge in [0.1, 0.15) is 0 Å². The van der Waals surface area contributed by atoms with E-state index in [0.29, 0.717) is 23.7 Å². The van der Waals surface area contributed by atoms with Crippen LogP contribution in [0.4, 0.5) is 10.5 Å². The number of thioether (sulfide) groups is 1. The first kappa shape index (κ1) is 14.9. The van der Waals surface area contributed by atoms with Crippen molar-refractivity contribution >= 4 is 29.3 Å². The molecule has 0 bridgehead atoms. The molecule has 1 aliphatic heterocycles. The highest BCUT2D eigenvalue weighted by Gasteiger charge is 2.23. The lowest BCUT2D eigenvalue weighted by molar-refractivity contribution is 0.0988. The Morgan fingerprint density at radius 3 is 2.90 bits per heavy atom.